The number of carbonyl (C=O) groups is 2. The third-order valence-corrected chi connectivity index (χ3v) is 5.30. The number of esters is 1. The highest BCUT2D eigenvalue weighted by Crippen LogP contribution is 2.14. The fraction of sp³-hybridized carbons (Fsp3) is 0.385. The first-order chi connectivity index (χ1) is 15.2. The van der Waals surface area contributed by atoms with Crippen molar-refractivity contribution in [2.45, 2.75) is 39.0 Å². The van der Waals surface area contributed by atoms with Gasteiger partial charge in [-0.1, -0.05) is 36.1 Å². The molecule has 1 saturated heterocycles. The fourth-order valence-electron chi connectivity index (χ4n) is 3.50. The summed E-state index contributed by atoms with van der Waals surface area (Å²) in [5.41, 5.74) is 2.51. The molecule has 168 valence electrons. The van der Waals surface area contributed by atoms with Gasteiger partial charge in [0.05, 0.1) is 12.7 Å². The molecule has 2 aromatic carbocycles. The number of nitrogens with zero attached hydrogens (tertiary/aromatic N) is 2. The minimum Gasteiger partial charge on any atom is -0.465 e. The van der Waals surface area contributed by atoms with Crippen molar-refractivity contribution >= 4 is 11.9 Å². The smallest absolute Gasteiger partial charge is 0.337 e. The Morgan fingerprint density at radius 3 is 2.25 bits per heavy atom. The van der Waals surface area contributed by atoms with Crippen LogP contribution in [0.3, 0.4) is 0 Å². The van der Waals surface area contributed by atoms with Gasteiger partial charge in [0.25, 0.3) is 0 Å². The zero-order valence-corrected chi connectivity index (χ0v) is 18.9. The lowest BCUT2D eigenvalue weighted by Crippen LogP contribution is -2.32. The molecule has 1 aliphatic heterocycles. The van der Waals surface area contributed by atoms with E-state index >= 15 is 0 Å². The van der Waals surface area contributed by atoms with Gasteiger partial charge in [-0.3, -0.25) is 9.69 Å². The Hall–Kier alpha value is -3.14. The van der Waals surface area contributed by atoms with Crippen molar-refractivity contribution < 1.29 is 19.4 Å². The van der Waals surface area contributed by atoms with Gasteiger partial charge in [-0.25, -0.2) is 4.79 Å². The third kappa shape index (κ3) is 6.94. The van der Waals surface area contributed by atoms with E-state index in [2.05, 4.69) is 16.7 Å². The first-order valence-electron chi connectivity index (χ1n) is 10.8. The Labute approximate surface area is 189 Å². The van der Waals surface area contributed by atoms with E-state index in [4.69, 9.17) is 4.74 Å². The van der Waals surface area contributed by atoms with Crippen LogP contribution in [0.2, 0.25) is 0 Å². The zero-order valence-electron chi connectivity index (χ0n) is 18.9. The summed E-state index contributed by atoms with van der Waals surface area (Å²) in [5, 5.41) is 9.73. The normalized spacial score (nSPS) is 15.0. The van der Waals surface area contributed by atoms with Gasteiger partial charge in [-0.15, -0.1) is 0 Å². The van der Waals surface area contributed by atoms with Crippen LogP contribution < -0.4 is 0 Å². The molecule has 6 nitrogen and oxygen atoms in total. The summed E-state index contributed by atoms with van der Waals surface area (Å²) < 4.78 is 4.73. The third-order valence-electron chi connectivity index (χ3n) is 5.30. The predicted molar refractivity (Wildman–Crippen MR) is 123 cm³/mol. The molecule has 1 N–H and O–H groups in total. The number of benzene rings is 2. The highest BCUT2D eigenvalue weighted by molar-refractivity contribution is 5.89. The van der Waals surface area contributed by atoms with Crippen LogP contribution in [0.25, 0.3) is 0 Å². The Bertz CT molecular complexity index is 995. The summed E-state index contributed by atoms with van der Waals surface area (Å²) in [4.78, 5) is 28.4. The molecule has 1 amide bonds. The second-order valence-electron chi connectivity index (χ2n) is 8.54. The van der Waals surface area contributed by atoms with Crippen LogP contribution in [0, 0.1) is 11.8 Å². The highest BCUT2D eigenvalue weighted by atomic mass is 16.5. The number of methoxy groups -OCH3 is 1. The van der Waals surface area contributed by atoms with E-state index in [0.29, 0.717) is 25.1 Å². The van der Waals surface area contributed by atoms with Crippen molar-refractivity contribution in [3.8, 4) is 11.8 Å². The lowest BCUT2D eigenvalue weighted by Gasteiger charge is -2.22. The first kappa shape index (κ1) is 23.5. The van der Waals surface area contributed by atoms with Crippen molar-refractivity contribution in [1.29, 1.82) is 0 Å². The average Bonchev–Trinajstić information content (AvgIpc) is 2.94. The number of rotatable bonds is 5. The van der Waals surface area contributed by atoms with Crippen LogP contribution in [-0.4, -0.2) is 59.1 Å². The molecule has 0 unspecified atom stereocenters. The number of aliphatic hydroxyl groups is 1. The zero-order chi connectivity index (χ0) is 23.1. The summed E-state index contributed by atoms with van der Waals surface area (Å²) in [7, 11) is 1.36. The van der Waals surface area contributed by atoms with Gasteiger partial charge in [0.15, 0.2) is 0 Å². The minimum atomic E-state index is -1.01. The highest BCUT2D eigenvalue weighted by Gasteiger charge is 2.21. The van der Waals surface area contributed by atoms with Crippen molar-refractivity contribution in [3.63, 3.8) is 0 Å². The van der Waals surface area contributed by atoms with E-state index in [1.807, 2.05) is 41.3 Å². The van der Waals surface area contributed by atoms with Gasteiger partial charge in [0.2, 0.25) is 5.91 Å². The largest absolute Gasteiger partial charge is 0.465 e. The summed E-state index contributed by atoms with van der Waals surface area (Å²) in [6, 6.07) is 15.2. The number of amides is 1. The quantitative estimate of drug-likeness (QED) is 0.579. The maximum absolute atomic E-state index is 12.6. The molecule has 6 heteroatoms. The number of hydrogen-bond acceptors (Lipinski definition) is 5. The predicted octanol–water partition coefficient (Wildman–Crippen LogP) is 2.83. The molecule has 0 spiro atoms. The molecule has 1 fully saturated rings. The van der Waals surface area contributed by atoms with Crippen molar-refractivity contribution in [2.24, 2.45) is 0 Å². The average molecular weight is 435 g/mol. The SMILES string of the molecule is COC(=O)c1ccc(CN2CCN(Cc3ccc(C#CC(C)(C)O)cc3)CCC2=O)cc1. The molecule has 0 atom stereocenters. The molecule has 0 aliphatic carbocycles. The second-order valence-corrected chi connectivity index (χ2v) is 8.54. The topological polar surface area (TPSA) is 70.1 Å². The van der Waals surface area contributed by atoms with E-state index in [0.717, 1.165) is 36.3 Å². The summed E-state index contributed by atoms with van der Waals surface area (Å²) in [6.07, 6.45) is 0.482. The molecule has 32 heavy (non-hydrogen) atoms. The van der Waals surface area contributed by atoms with E-state index in [9.17, 15) is 14.7 Å². The maximum Gasteiger partial charge on any atom is 0.337 e. The van der Waals surface area contributed by atoms with Crippen LogP contribution in [0.1, 0.15) is 47.3 Å². The molecule has 1 aliphatic rings. The van der Waals surface area contributed by atoms with Crippen LogP contribution in [0.4, 0.5) is 0 Å². The minimum absolute atomic E-state index is 0.141. The molecule has 0 radical (unpaired) electrons. The van der Waals surface area contributed by atoms with Crippen molar-refractivity contribution in [1.82, 2.24) is 9.80 Å². The summed E-state index contributed by atoms with van der Waals surface area (Å²) >= 11 is 0. The summed E-state index contributed by atoms with van der Waals surface area (Å²) in [6.45, 7) is 6.80. The molecule has 1 heterocycles. The molecule has 0 aromatic heterocycles. The monoisotopic (exact) mass is 434 g/mol. The Kier molecular flexibility index (Phi) is 7.68. The van der Waals surface area contributed by atoms with E-state index < -0.39 is 5.60 Å². The number of ether oxygens (including phenoxy) is 1. The standard InChI is InChI=1S/C26H30N2O4/c1-26(2,31)14-12-20-4-6-21(7-5-20)18-27-15-13-24(29)28(17-16-27)19-22-8-10-23(11-9-22)25(30)32-3/h4-11,31H,13,15-19H2,1-3H3. The Balaban J connectivity index is 1.56. The summed E-state index contributed by atoms with van der Waals surface area (Å²) in [5.74, 6) is 5.58. The van der Waals surface area contributed by atoms with Crippen molar-refractivity contribution in [3.05, 3.63) is 70.8 Å². The van der Waals surface area contributed by atoms with E-state index in [1.54, 1.807) is 26.0 Å². The maximum atomic E-state index is 12.6. The number of hydrogen-bond donors (Lipinski definition) is 1. The Morgan fingerprint density at radius 2 is 1.62 bits per heavy atom. The van der Waals surface area contributed by atoms with Gasteiger partial charge in [0, 0.05) is 44.7 Å². The lowest BCUT2D eigenvalue weighted by atomic mass is 10.1. The van der Waals surface area contributed by atoms with Gasteiger partial charge < -0.3 is 14.7 Å². The lowest BCUT2D eigenvalue weighted by molar-refractivity contribution is -0.130. The Morgan fingerprint density at radius 1 is 1.00 bits per heavy atom. The van der Waals surface area contributed by atoms with Crippen molar-refractivity contribution in [2.75, 3.05) is 26.7 Å². The van der Waals surface area contributed by atoms with Gasteiger partial charge >= 0.3 is 5.97 Å². The molecular weight excluding hydrogens is 404 g/mol. The molecule has 3 rings (SSSR count). The van der Waals surface area contributed by atoms with Crippen LogP contribution in [0.15, 0.2) is 48.5 Å². The fourth-order valence-corrected chi connectivity index (χ4v) is 3.50. The van der Waals surface area contributed by atoms with E-state index in [-0.39, 0.29) is 11.9 Å². The van der Waals surface area contributed by atoms with Crippen LogP contribution >= 0.6 is 0 Å². The number of carbonyl (C=O) groups excluding carboxylic acids is 2. The first-order valence-corrected chi connectivity index (χ1v) is 10.8. The molecular formula is C26H30N2O4. The van der Waals surface area contributed by atoms with Gasteiger partial charge in [-0.05, 0) is 49.2 Å². The van der Waals surface area contributed by atoms with Crippen LogP contribution in [0.5, 0.6) is 0 Å². The van der Waals surface area contributed by atoms with E-state index in [1.165, 1.54) is 7.11 Å². The van der Waals surface area contributed by atoms with Gasteiger partial charge in [-0.2, -0.15) is 0 Å². The van der Waals surface area contributed by atoms with Crippen LogP contribution in [-0.2, 0) is 22.6 Å². The molecule has 0 bridgehead atoms. The molecule has 2 aromatic rings. The van der Waals surface area contributed by atoms with Gasteiger partial charge in [0.1, 0.15) is 5.60 Å². The molecule has 0 saturated carbocycles. The second kappa shape index (κ2) is 10.4.